The Hall–Kier alpha value is -2.76. The van der Waals surface area contributed by atoms with E-state index in [4.69, 9.17) is 9.47 Å². The average molecular weight is 286 g/mol. The van der Waals surface area contributed by atoms with Gasteiger partial charge in [-0.05, 0) is 36.2 Å². The number of fused-ring (bicyclic) bond motifs is 1. The Labute approximate surface area is 121 Å². The number of nitrogens with zero attached hydrogens (tertiary/aromatic N) is 1. The van der Waals surface area contributed by atoms with Crippen molar-refractivity contribution >= 4 is 11.4 Å². The molecule has 0 fully saturated rings. The molecule has 1 aliphatic rings. The summed E-state index contributed by atoms with van der Waals surface area (Å²) in [5.74, 6) is 1.42. The predicted octanol–water partition coefficient (Wildman–Crippen LogP) is 3.24. The van der Waals surface area contributed by atoms with Gasteiger partial charge in [0.1, 0.15) is 5.69 Å². The first-order valence-corrected chi connectivity index (χ1v) is 6.51. The lowest BCUT2D eigenvalue weighted by atomic mass is 10.1. The Bertz CT molecular complexity index is 700. The molecular formula is C15H14N2O4. The molecule has 6 heteroatoms. The van der Waals surface area contributed by atoms with Crippen LogP contribution in [0.25, 0.3) is 0 Å². The van der Waals surface area contributed by atoms with Gasteiger partial charge in [0.25, 0.3) is 5.69 Å². The Balaban J connectivity index is 1.78. The quantitative estimate of drug-likeness (QED) is 0.690. The number of nitrogens with one attached hydrogen (secondary N) is 1. The van der Waals surface area contributed by atoms with Crippen LogP contribution in [0, 0.1) is 17.0 Å². The van der Waals surface area contributed by atoms with Gasteiger partial charge in [-0.3, -0.25) is 10.1 Å². The standard InChI is InChI=1S/C15H14N2O4/c1-10-2-4-13(17(18)19)12(6-10)16-8-11-3-5-14-15(7-11)21-9-20-14/h2-7,16H,8-9H2,1H3. The van der Waals surface area contributed by atoms with E-state index in [9.17, 15) is 10.1 Å². The maximum Gasteiger partial charge on any atom is 0.292 e. The summed E-state index contributed by atoms with van der Waals surface area (Å²) in [6.45, 7) is 2.60. The van der Waals surface area contributed by atoms with Crippen molar-refractivity contribution in [3.63, 3.8) is 0 Å². The maximum atomic E-state index is 11.0. The van der Waals surface area contributed by atoms with Gasteiger partial charge in [0.05, 0.1) is 4.92 Å². The highest BCUT2D eigenvalue weighted by atomic mass is 16.7. The Morgan fingerprint density at radius 2 is 2.00 bits per heavy atom. The first-order valence-electron chi connectivity index (χ1n) is 6.51. The number of nitro groups is 1. The van der Waals surface area contributed by atoms with E-state index in [1.165, 1.54) is 6.07 Å². The van der Waals surface area contributed by atoms with Gasteiger partial charge >= 0.3 is 0 Å². The van der Waals surface area contributed by atoms with E-state index in [1.54, 1.807) is 12.1 Å². The van der Waals surface area contributed by atoms with Crippen LogP contribution in [0.4, 0.5) is 11.4 Å². The number of hydrogen-bond acceptors (Lipinski definition) is 5. The number of benzene rings is 2. The van der Waals surface area contributed by atoms with Crippen LogP contribution in [0.3, 0.4) is 0 Å². The largest absolute Gasteiger partial charge is 0.454 e. The third-order valence-corrected chi connectivity index (χ3v) is 3.27. The molecule has 0 bridgehead atoms. The van der Waals surface area contributed by atoms with Gasteiger partial charge in [-0.2, -0.15) is 0 Å². The second-order valence-corrected chi connectivity index (χ2v) is 4.82. The topological polar surface area (TPSA) is 73.6 Å². The van der Waals surface area contributed by atoms with Crippen molar-refractivity contribution in [3.8, 4) is 11.5 Å². The highest BCUT2D eigenvalue weighted by Crippen LogP contribution is 2.33. The molecule has 1 heterocycles. The minimum atomic E-state index is -0.387. The molecule has 0 amide bonds. The molecule has 2 aromatic carbocycles. The summed E-state index contributed by atoms with van der Waals surface area (Å²) in [7, 11) is 0. The predicted molar refractivity (Wildman–Crippen MR) is 77.7 cm³/mol. The van der Waals surface area contributed by atoms with Crippen LogP contribution in [0.15, 0.2) is 36.4 Å². The molecule has 108 valence electrons. The Kier molecular flexibility index (Phi) is 3.35. The molecule has 0 spiro atoms. The molecule has 2 aromatic rings. The number of hydrogen-bond donors (Lipinski definition) is 1. The monoisotopic (exact) mass is 286 g/mol. The first-order chi connectivity index (χ1) is 10.1. The Morgan fingerprint density at radius 1 is 1.19 bits per heavy atom. The van der Waals surface area contributed by atoms with Gasteiger partial charge in [0, 0.05) is 12.6 Å². The van der Waals surface area contributed by atoms with Gasteiger partial charge in [-0.15, -0.1) is 0 Å². The minimum absolute atomic E-state index is 0.0707. The van der Waals surface area contributed by atoms with E-state index in [0.29, 0.717) is 18.0 Å². The number of rotatable bonds is 4. The van der Waals surface area contributed by atoms with Crippen LogP contribution >= 0.6 is 0 Å². The van der Waals surface area contributed by atoms with Crippen molar-refractivity contribution in [2.45, 2.75) is 13.5 Å². The van der Waals surface area contributed by atoms with E-state index >= 15 is 0 Å². The molecule has 0 atom stereocenters. The van der Waals surface area contributed by atoms with Crippen molar-refractivity contribution in [2.24, 2.45) is 0 Å². The van der Waals surface area contributed by atoms with Crippen molar-refractivity contribution in [2.75, 3.05) is 12.1 Å². The number of anilines is 1. The highest BCUT2D eigenvalue weighted by Gasteiger charge is 2.15. The zero-order chi connectivity index (χ0) is 14.8. The normalized spacial score (nSPS) is 12.2. The third kappa shape index (κ3) is 2.74. The van der Waals surface area contributed by atoms with E-state index < -0.39 is 0 Å². The van der Waals surface area contributed by atoms with Crippen molar-refractivity contribution in [1.29, 1.82) is 0 Å². The van der Waals surface area contributed by atoms with E-state index in [1.807, 2.05) is 25.1 Å². The van der Waals surface area contributed by atoms with Crippen LogP contribution in [0.2, 0.25) is 0 Å². The van der Waals surface area contributed by atoms with Crippen molar-refractivity contribution in [3.05, 3.63) is 57.6 Å². The molecule has 21 heavy (non-hydrogen) atoms. The van der Waals surface area contributed by atoms with E-state index in [-0.39, 0.29) is 17.4 Å². The summed E-state index contributed by atoms with van der Waals surface area (Å²) >= 11 is 0. The molecule has 1 N–H and O–H groups in total. The van der Waals surface area contributed by atoms with Crippen LogP contribution in [-0.4, -0.2) is 11.7 Å². The number of aryl methyl sites for hydroxylation is 1. The number of ether oxygens (including phenoxy) is 2. The zero-order valence-electron chi connectivity index (χ0n) is 11.5. The summed E-state index contributed by atoms with van der Waals surface area (Å²) in [4.78, 5) is 10.6. The summed E-state index contributed by atoms with van der Waals surface area (Å²) in [6, 6.07) is 10.6. The van der Waals surface area contributed by atoms with E-state index in [2.05, 4.69) is 5.32 Å². The average Bonchev–Trinajstić information content (AvgIpc) is 2.92. The van der Waals surface area contributed by atoms with Crippen LogP contribution < -0.4 is 14.8 Å². The maximum absolute atomic E-state index is 11.0. The van der Waals surface area contributed by atoms with Crippen molar-refractivity contribution < 1.29 is 14.4 Å². The molecule has 0 aliphatic carbocycles. The fourth-order valence-electron chi connectivity index (χ4n) is 2.20. The molecule has 3 rings (SSSR count). The molecule has 0 radical (unpaired) electrons. The van der Waals surface area contributed by atoms with E-state index in [0.717, 1.165) is 16.9 Å². The minimum Gasteiger partial charge on any atom is -0.454 e. The Morgan fingerprint density at radius 3 is 2.81 bits per heavy atom. The second kappa shape index (κ2) is 5.32. The van der Waals surface area contributed by atoms with Gasteiger partial charge in [0.15, 0.2) is 11.5 Å². The lowest BCUT2D eigenvalue weighted by Gasteiger charge is -2.08. The molecule has 6 nitrogen and oxygen atoms in total. The van der Waals surface area contributed by atoms with Crippen LogP contribution in [0.1, 0.15) is 11.1 Å². The molecular weight excluding hydrogens is 272 g/mol. The lowest BCUT2D eigenvalue weighted by molar-refractivity contribution is -0.384. The van der Waals surface area contributed by atoms with Crippen molar-refractivity contribution in [1.82, 2.24) is 0 Å². The zero-order valence-corrected chi connectivity index (χ0v) is 11.5. The van der Waals surface area contributed by atoms with Gasteiger partial charge in [0.2, 0.25) is 6.79 Å². The third-order valence-electron chi connectivity index (χ3n) is 3.27. The van der Waals surface area contributed by atoms with Gasteiger partial charge in [-0.25, -0.2) is 0 Å². The summed E-state index contributed by atoms with van der Waals surface area (Å²) in [5.41, 5.74) is 2.52. The highest BCUT2D eigenvalue weighted by molar-refractivity contribution is 5.63. The SMILES string of the molecule is Cc1ccc([N+](=O)[O-])c(NCc2ccc3c(c2)OCO3)c1. The number of nitro benzene ring substituents is 1. The molecule has 0 unspecified atom stereocenters. The van der Waals surface area contributed by atoms with Gasteiger partial charge in [-0.1, -0.05) is 12.1 Å². The van der Waals surface area contributed by atoms with Gasteiger partial charge < -0.3 is 14.8 Å². The molecule has 0 saturated heterocycles. The fraction of sp³-hybridized carbons (Fsp3) is 0.200. The van der Waals surface area contributed by atoms with Crippen LogP contribution in [0.5, 0.6) is 11.5 Å². The second-order valence-electron chi connectivity index (χ2n) is 4.82. The fourth-order valence-corrected chi connectivity index (χ4v) is 2.20. The first kappa shape index (κ1) is 13.2. The summed E-state index contributed by atoms with van der Waals surface area (Å²) < 4.78 is 10.6. The van der Waals surface area contributed by atoms with Crippen LogP contribution in [-0.2, 0) is 6.54 Å². The molecule has 0 aromatic heterocycles. The smallest absolute Gasteiger partial charge is 0.292 e. The summed E-state index contributed by atoms with van der Waals surface area (Å²) in [5, 5.41) is 14.1. The summed E-state index contributed by atoms with van der Waals surface area (Å²) in [6.07, 6.45) is 0. The lowest BCUT2D eigenvalue weighted by Crippen LogP contribution is -2.03. The molecule has 1 aliphatic heterocycles. The molecule has 0 saturated carbocycles.